The number of thioether (sulfide) groups is 1. The maximum absolute atomic E-state index is 13.4. The van der Waals surface area contributed by atoms with Crippen LogP contribution in [-0.4, -0.2) is 35.1 Å². The zero-order valence-corrected chi connectivity index (χ0v) is 18.7. The Morgan fingerprint density at radius 2 is 1.90 bits per heavy atom. The van der Waals surface area contributed by atoms with Crippen LogP contribution in [0.1, 0.15) is 42.6 Å². The smallest absolute Gasteiger partial charge is 0.240 e. The van der Waals surface area contributed by atoms with Crippen LogP contribution in [0.15, 0.2) is 47.1 Å². The number of hydrogen-bond donors (Lipinski definition) is 0. The molecular formula is C20H19BrF2N6S. The van der Waals surface area contributed by atoms with Crippen LogP contribution >= 0.6 is 27.7 Å². The predicted octanol–water partition coefficient (Wildman–Crippen LogP) is 5.55. The molecule has 0 saturated heterocycles. The number of hydrogen-bond acceptors (Lipinski definition) is 5. The van der Waals surface area contributed by atoms with Gasteiger partial charge in [-0.15, -0.1) is 0 Å². The van der Waals surface area contributed by atoms with Crippen molar-refractivity contribution in [1.82, 2.24) is 29.4 Å². The standard InChI is InChI=1S/C20H19BrF2N6S/c1-3-30-12(2)19-25-20(28(27-19)11-13-4-6-14(21)7-5-13)15-10-17-24-9-8-16(18(22)23)29(17)26-15/h4-10,12,18H,3,11H2,1-2H3. The Balaban J connectivity index is 1.80. The lowest BCUT2D eigenvalue weighted by Gasteiger charge is -2.05. The summed E-state index contributed by atoms with van der Waals surface area (Å²) >= 11 is 5.18. The molecule has 0 bridgehead atoms. The van der Waals surface area contributed by atoms with Gasteiger partial charge in [-0.2, -0.15) is 22.0 Å². The van der Waals surface area contributed by atoms with Crippen LogP contribution < -0.4 is 0 Å². The van der Waals surface area contributed by atoms with Gasteiger partial charge < -0.3 is 0 Å². The molecule has 4 aromatic rings. The van der Waals surface area contributed by atoms with Crippen LogP contribution in [0.2, 0.25) is 0 Å². The van der Waals surface area contributed by atoms with E-state index in [1.54, 1.807) is 22.5 Å². The summed E-state index contributed by atoms with van der Waals surface area (Å²) in [6.07, 6.45) is -1.29. The Hall–Kier alpha value is -2.33. The molecule has 10 heteroatoms. The molecule has 3 heterocycles. The Morgan fingerprint density at radius 1 is 1.13 bits per heavy atom. The van der Waals surface area contributed by atoms with Crippen molar-refractivity contribution in [1.29, 1.82) is 0 Å². The third-order valence-corrected chi connectivity index (χ3v) is 6.13. The van der Waals surface area contributed by atoms with E-state index in [2.05, 4.69) is 39.9 Å². The summed E-state index contributed by atoms with van der Waals surface area (Å²) in [7, 11) is 0. The molecule has 1 atom stereocenters. The van der Waals surface area contributed by atoms with Gasteiger partial charge in [0.2, 0.25) is 0 Å². The van der Waals surface area contributed by atoms with Crippen molar-refractivity contribution in [2.45, 2.75) is 32.1 Å². The molecule has 0 saturated carbocycles. The Morgan fingerprint density at radius 3 is 2.60 bits per heavy atom. The first-order valence-electron chi connectivity index (χ1n) is 9.40. The molecule has 156 valence electrons. The minimum absolute atomic E-state index is 0.103. The first kappa shape index (κ1) is 20.9. The van der Waals surface area contributed by atoms with Gasteiger partial charge in [-0.1, -0.05) is 35.0 Å². The fourth-order valence-corrected chi connectivity index (χ4v) is 4.12. The van der Waals surface area contributed by atoms with E-state index in [0.717, 1.165) is 15.8 Å². The number of benzene rings is 1. The fraction of sp³-hybridized carbons (Fsp3) is 0.300. The lowest BCUT2D eigenvalue weighted by Crippen LogP contribution is -2.05. The molecule has 0 radical (unpaired) electrons. The number of rotatable bonds is 7. The number of alkyl halides is 2. The minimum atomic E-state index is -2.65. The van der Waals surface area contributed by atoms with Crippen molar-refractivity contribution in [3.05, 3.63) is 64.1 Å². The maximum Gasteiger partial charge on any atom is 0.280 e. The van der Waals surface area contributed by atoms with E-state index in [4.69, 9.17) is 10.1 Å². The van der Waals surface area contributed by atoms with Crippen molar-refractivity contribution in [2.24, 2.45) is 0 Å². The Kier molecular flexibility index (Phi) is 6.14. The first-order chi connectivity index (χ1) is 14.5. The quantitative estimate of drug-likeness (QED) is 0.338. The largest absolute Gasteiger partial charge is 0.280 e. The van der Waals surface area contributed by atoms with Crippen molar-refractivity contribution in [3.8, 4) is 11.5 Å². The highest BCUT2D eigenvalue weighted by molar-refractivity contribution is 9.10. The number of fused-ring (bicyclic) bond motifs is 1. The zero-order valence-electron chi connectivity index (χ0n) is 16.3. The Bertz CT molecular complexity index is 1160. The van der Waals surface area contributed by atoms with Gasteiger partial charge in [-0.25, -0.2) is 27.9 Å². The highest BCUT2D eigenvalue weighted by atomic mass is 79.9. The van der Waals surface area contributed by atoms with Crippen molar-refractivity contribution in [3.63, 3.8) is 0 Å². The van der Waals surface area contributed by atoms with Gasteiger partial charge in [0.1, 0.15) is 11.4 Å². The molecule has 1 unspecified atom stereocenters. The van der Waals surface area contributed by atoms with Gasteiger partial charge in [0.05, 0.1) is 11.8 Å². The van der Waals surface area contributed by atoms with E-state index in [9.17, 15) is 8.78 Å². The van der Waals surface area contributed by atoms with E-state index >= 15 is 0 Å². The molecule has 0 aliphatic carbocycles. The van der Waals surface area contributed by atoms with Gasteiger partial charge in [0.15, 0.2) is 17.3 Å². The molecular weight excluding hydrogens is 474 g/mol. The van der Waals surface area contributed by atoms with Gasteiger partial charge in [-0.05, 0) is 36.4 Å². The molecule has 0 amide bonds. The second kappa shape index (κ2) is 8.81. The number of aromatic nitrogens is 6. The topological polar surface area (TPSA) is 60.9 Å². The van der Waals surface area contributed by atoms with E-state index in [0.29, 0.717) is 29.5 Å². The number of halogens is 3. The molecule has 0 aliphatic rings. The summed E-state index contributed by atoms with van der Waals surface area (Å²) in [4.78, 5) is 8.88. The molecule has 4 rings (SSSR count). The molecule has 3 aromatic heterocycles. The molecule has 6 nitrogen and oxygen atoms in total. The van der Waals surface area contributed by atoms with Crippen molar-refractivity contribution in [2.75, 3.05) is 5.75 Å². The summed E-state index contributed by atoms with van der Waals surface area (Å²) in [6.45, 7) is 4.63. The van der Waals surface area contributed by atoms with Crippen LogP contribution in [0.5, 0.6) is 0 Å². The lowest BCUT2D eigenvalue weighted by atomic mass is 10.2. The van der Waals surface area contributed by atoms with Crippen LogP contribution in [0.4, 0.5) is 8.78 Å². The SMILES string of the molecule is CCSC(C)c1nc(-c2cc3nccc(C(F)F)n3n2)n(Cc2ccc(Br)cc2)n1. The van der Waals surface area contributed by atoms with E-state index < -0.39 is 6.43 Å². The summed E-state index contributed by atoms with van der Waals surface area (Å²) < 4.78 is 30.7. The van der Waals surface area contributed by atoms with Crippen LogP contribution in [-0.2, 0) is 6.54 Å². The van der Waals surface area contributed by atoms with E-state index in [1.165, 1.54) is 16.8 Å². The highest BCUT2D eigenvalue weighted by Crippen LogP contribution is 2.29. The van der Waals surface area contributed by atoms with Gasteiger partial charge in [-0.3, -0.25) is 0 Å². The summed E-state index contributed by atoms with van der Waals surface area (Å²) in [5, 5.41) is 9.18. The van der Waals surface area contributed by atoms with E-state index in [1.807, 2.05) is 24.3 Å². The van der Waals surface area contributed by atoms with Gasteiger partial charge in [0, 0.05) is 16.7 Å². The second-order valence-electron chi connectivity index (χ2n) is 6.65. The average Bonchev–Trinajstić information content (AvgIpc) is 3.33. The molecule has 1 aromatic carbocycles. The monoisotopic (exact) mass is 492 g/mol. The minimum Gasteiger partial charge on any atom is -0.240 e. The maximum atomic E-state index is 13.4. The van der Waals surface area contributed by atoms with Gasteiger partial charge >= 0.3 is 0 Å². The van der Waals surface area contributed by atoms with Gasteiger partial charge in [0.25, 0.3) is 6.43 Å². The summed E-state index contributed by atoms with van der Waals surface area (Å²) in [5.74, 6) is 2.16. The van der Waals surface area contributed by atoms with Crippen molar-refractivity contribution >= 4 is 33.3 Å². The van der Waals surface area contributed by atoms with E-state index in [-0.39, 0.29) is 10.9 Å². The third-order valence-electron chi connectivity index (χ3n) is 4.55. The molecule has 0 aliphatic heterocycles. The molecule has 30 heavy (non-hydrogen) atoms. The second-order valence-corrected chi connectivity index (χ2v) is 9.18. The summed E-state index contributed by atoms with van der Waals surface area (Å²) in [6, 6.07) is 10.9. The number of nitrogens with zero attached hydrogens (tertiary/aromatic N) is 6. The summed E-state index contributed by atoms with van der Waals surface area (Å²) in [5.41, 5.74) is 1.64. The molecule has 0 fully saturated rings. The van der Waals surface area contributed by atoms with Crippen LogP contribution in [0.3, 0.4) is 0 Å². The average molecular weight is 493 g/mol. The normalized spacial score (nSPS) is 12.7. The fourth-order valence-electron chi connectivity index (χ4n) is 3.11. The zero-order chi connectivity index (χ0) is 21.3. The first-order valence-corrected chi connectivity index (χ1v) is 11.2. The predicted molar refractivity (Wildman–Crippen MR) is 117 cm³/mol. The highest BCUT2D eigenvalue weighted by Gasteiger charge is 2.21. The van der Waals surface area contributed by atoms with Crippen molar-refractivity contribution < 1.29 is 8.78 Å². The third kappa shape index (κ3) is 4.24. The van der Waals surface area contributed by atoms with Crippen LogP contribution in [0.25, 0.3) is 17.2 Å². The molecule has 0 N–H and O–H groups in total. The Labute approximate surface area is 184 Å². The molecule has 0 spiro atoms. The van der Waals surface area contributed by atoms with Crippen LogP contribution in [0, 0.1) is 0 Å². The lowest BCUT2D eigenvalue weighted by molar-refractivity contribution is 0.143.